The van der Waals surface area contributed by atoms with Crippen LogP contribution in [0.25, 0.3) is 5.65 Å². The van der Waals surface area contributed by atoms with Crippen LogP contribution in [0, 0.1) is 5.82 Å². The summed E-state index contributed by atoms with van der Waals surface area (Å²) in [7, 11) is 0. The van der Waals surface area contributed by atoms with Crippen LogP contribution in [0.4, 0.5) is 19.4 Å². The average molecular weight is 519 g/mol. The number of amides is 1. The molecule has 0 aliphatic carbocycles. The van der Waals surface area contributed by atoms with E-state index in [4.69, 9.17) is 9.47 Å². The first-order valence-electron chi connectivity index (χ1n) is 11.7. The quantitative estimate of drug-likeness (QED) is 0.482. The van der Waals surface area contributed by atoms with Crippen molar-refractivity contribution in [1.82, 2.24) is 24.9 Å². The van der Waals surface area contributed by atoms with E-state index in [0.29, 0.717) is 11.4 Å². The van der Waals surface area contributed by atoms with Gasteiger partial charge in [-0.3, -0.25) is 0 Å². The number of nitrogens with zero attached hydrogens (tertiary/aromatic N) is 5. The number of ether oxygens (including phenoxy) is 2. The highest BCUT2D eigenvalue weighted by atomic mass is 19.1. The van der Waals surface area contributed by atoms with Gasteiger partial charge in [-0.15, -0.1) is 0 Å². The number of aromatic carboxylic acids is 1. The minimum Gasteiger partial charge on any atom is -0.477 e. The van der Waals surface area contributed by atoms with Gasteiger partial charge in [-0.05, 0) is 39.8 Å². The molecule has 37 heavy (non-hydrogen) atoms. The van der Waals surface area contributed by atoms with E-state index in [1.165, 1.54) is 23.0 Å². The summed E-state index contributed by atoms with van der Waals surface area (Å²) in [5.41, 5.74) is -0.359. The second-order valence-electron chi connectivity index (χ2n) is 9.82. The van der Waals surface area contributed by atoms with Gasteiger partial charge in [0.15, 0.2) is 5.65 Å². The van der Waals surface area contributed by atoms with Crippen molar-refractivity contribution < 1.29 is 33.0 Å². The number of carboxylic acid groups (broad SMARTS) is 1. The molecular weight excluding hydrogens is 490 g/mol. The predicted molar refractivity (Wildman–Crippen MR) is 128 cm³/mol. The molecule has 1 fully saturated rings. The molecule has 11 nitrogen and oxygen atoms in total. The van der Waals surface area contributed by atoms with Crippen molar-refractivity contribution in [1.29, 1.82) is 0 Å². The first-order chi connectivity index (χ1) is 17.4. The van der Waals surface area contributed by atoms with E-state index in [0.717, 1.165) is 6.20 Å². The molecule has 1 aliphatic heterocycles. The van der Waals surface area contributed by atoms with Gasteiger partial charge in [-0.25, -0.2) is 32.9 Å². The summed E-state index contributed by atoms with van der Waals surface area (Å²) in [6, 6.07) is 1.65. The third kappa shape index (κ3) is 6.04. The summed E-state index contributed by atoms with van der Waals surface area (Å²) in [6.45, 7) is 6.90. The highest BCUT2D eigenvalue weighted by Crippen LogP contribution is 2.40. The van der Waals surface area contributed by atoms with Crippen LogP contribution in [0.1, 0.15) is 56.1 Å². The van der Waals surface area contributed by atoms with Crippen LogP contribution in [0.15, 0.2) is 30.7 Å². The number of carbonyl (C=O) groups is 2. The molecule has 4 heterocycles. The smallest absolute Gasteiger partial charge is 0.407 e. The molecule has 0 saturated carbocycles. The van der Waals surface area contributed by atoms with Crippen molar-refractivity contribution in [2.45, 2.75) is 58.0 Å². The number of anilines is 1. The van der Waals surface area contributed by atoms with Gasteiger partial charge >= 0.3 is 12.1 Å². The van der Waals surface area contributed by atoms with E-state index < -0.39 is 41.7 Å². The molecule has 0 unspecified atom stereocenters. The number of carboxylic acids is 1. The van der Waals surface area contributed by atoms with Crippen molar-refractivity contribution >= 4 is 23.5 Å². The van der Waals surface area contributed by atoms with E-state index in [1.807, 2.05) is 0 Å². The molecule has 0 spiro atoms. The Bertz CT molecular complexity index is 1310. The van der Waals surface area contributed by atoms with Crippen LogP contribution >= 0.6 is 0 Å². The van der Waals surface area contributed by atoms with Gasteiger partial charge in [0.05, 0.1) is 31.0 Å². The van der Waals surface area contributed by atoms with Gasteiger partial charge in [-0.2, -0.15) is 5.10 Å². The standard InChI is InChI=1S/C24H28F2N6O5/c1-13(29-23(35)37-24(2,3)4)12-36-21-16(7-14(25)9-27-21)18-8-15(26)11-31(18)19-5-6-32-20(30-19)17(10-28-32)22(33)34/h5-7,9-10,13,15,18H,8,11-12H2,1-4H3,(H,29,35)(H,33,34)/t13-,15+,18-/m1/s1. The lowest BCUT2D eigenvalue weighted by atomic mass is 10.1. The Morgan fingerprint density at radius 2 is 2.08 bits per heavy atom. The van der Waals surface area contributed by atoms with Crippen LogP contribution in [0.2, 0.25) is 0 Å². The number of fused-ring (bicyclic) bond motifs is 1. The Kier molecular flexibility index (Phi) is 7.14. The van der Waals surface area contributed by atoms with Crippen LogP contribution in [-0.4, -0.2) is 67.7 Å². The first kappa shape index (κ1) is 26.0. The SMILES string of the molecule is C[C@H](COc1ncc(F)cc1[C@H]1C[C@H](F)CN1c1ccn2ncc(C(=O)O)c2n1)NC(=O)OC(C)(C)C. The van der Waals surface area contributed by atoms with Crippen molar-refractivity contribution in [3.63, 3.8) is 0 Å². The third-order valence-electron chi connectivity index (χ3n) is 5.57. The molecule has 1 amide bonds. The molecule has 1 aliphatic rings. The lowest BCUT2D eigenvalue weighted by Crippen LogP contribution is -2.40. The number of carbonyl (C=O) groups excluding carboxylic acids is 1. The normalized spacial score (nSPS) is 18.6. The molecule has 0 radical (unpaired) electrons. The molecule has 0 bridgehead atoms. The largest absolute Gasteiger partial charge is 0.477 e. The average Bonchev–Trinajstić information content (AvgIpc) is 3.39. The molecule has 0 aromatic carbocycles. The number of halogens is 2. The lowest BCUT2D eigenvalue weighted by molar-refractivity contribution is 0.0492. The van der Waals surface area contributed by atoms with Crippen molar-refractivity contribution in [3.05, 3.63) is 47.7 Å². The topological polar surface area (TPSA) is 131 Å². The van der Waals surface area contributed by atoms with Gasteiger partial charge in [-0.1, -0.05) is 0 Å². The van der Waals surface area contributed by atoms with Gasteiger partial charge in [0.2, 0.25) is 5.88 Å². The van der Waals surface area contributed by atoms with Crippen molar-refractivity contribution in [2.24, 2.45) is 0 Å². The monoisotopic (exact) mass is 518 g/mol. The Balaban J connectivity index is 1.57. The summed E-state index contributed by atoms with van der Waals surface area (Å²) < 4.78 is 41.3. The molecule has 13 heteroatoms. The molecule has 3 atom stereocenters. The zero-order valence-electron chi connectivity index (χ0n) is 20.8. The summed E-state index contributed by atoms with van der Waals surface area (Å²) >= 11 is 0. The fourth-order valence-electron chi connectivity index (χ4n) is 4.06. The summed E-state index contributed by atoms with van der Waals surface area (Å²) in [5, 5.41) is 16.0. The first-order valence-corrected chi connectivity index (χ1v) is 11.7. The minimum atomic E-state index is -1.25. The lowest BCUT2D eigenvalue weighted by Gasteiger charge is -2.27. The number of pyridine rings is 1. The Hall–Kier alpha value is -4.03. The van der Waals surface area contributed by atoms with Gasteiger partial charge < -0.3 is 24.8 Å². The molecular formula is C24H28F2N6O5. The maximum absolute atomic E-state index is 14.7. The van der Waals surface area contributed by atoms with Gasteiger partial charge in [0.25, 0.3) is 0 Å². The summed E-state index contributed by atoms with van der Waals surface area (Å²) in [4.78, 5) is 33.6. The second-order valence-corrected chi connectivity index (χ2v) is 9.82. The van der Waals surface area contributed by atoms with Crippen LogP contribution < -0.4 is 15.0 Å². The molecule has 3 aromatic heterocycles. The highest BCUT2D eigenvalue weighted by molar-refractivity contribution is 5.94. The van der Waals surface area contributed by atoms with Crippen LogP contribution in [-0.2, 0) is 4.74 Å². The van der Waals surface area contributed by atoms with E-state index in [1.54, 1.807) is 38.7 Å². The Morgan fingerprint density at radius 1 is 1.32 bits per heavy atom. The fraction of sp³-hybridized carbons (Fsp3) is 0.458. The number of hydrogen-bond acceptors (Lipinski definition) is 8. The maximum atomic E-state index is 14.7. The zero-order chi connectivity index (χ0) is 26.9. The van der Waals surface area contributed by atoms with E-state index in [2.05, 4.69) is 20.4 Å². The van der Waals surface area contributed by atoms with Crippen molar-refractivity contribution in [2.75, 3.05) is 18.1 Å². The third-order valence-corrected chi connectivity index (χ3v) is 5.57. The Morgan fingerprint density at radius 3 is 2.78 bits per heavy atom. The second kappa shape index (κ2) is 10.1. The number of nitrogens with one attached hydrogen (secondary N) is 1. The van der Waals surface area contributed by atoms with Crippen molar-refractivity contribution in [3.8, 4) is 5.88 Å². The number of alkyl halides is 1. The molecule has 4 rings (SSSR count). The maximum Gasteiger partial charge on any atom is 0.407 e. The van der Waals surface area contributed by atoms with E-state index in [-0.39, 0.29) is 36.7 Å². The Labute approximate surface area is 211 Å². The number of hydrogen-bond donors (Lipinski definition) is 2. The fourth-order valence-corrected chi connectivity index (χ4v) is 4.06. The number of aromatic nitrogens is 4. The summed E-state index contributed by atoms with van der Waals surface area (Å²) in [5.74, 6) is -1.44. The number of rotatable bonds is 7. The van der Waals surface area contributed by atoms with E-state index >= 15 is 0 Å². The molecule has 3 aromatic rings. The molecule has 198 valence electrons. The summed E-state index contributed by atoms with van der Waals surface area (Å²) in [6.07, 6.45) is 1.86. The zero-order valence-corrected chi connectivity index (χ0v) is 20.8. The minimum absolute atomic E-state index is 0.00133. The van der Waals surface area contributed by atoms with Crippen LogP contribution in [0.5, 0.6) is 5.88 Å². The van der Waals surface area contributed by atoms with Gasteiger partial charge in [0.1, 0.15) is 35.6 Å². The predicted octanol–water partition coefficient (Wildman–Crippen LogP) is 3.54. The number of alkyl carbamates (subject to hydrolysis) is 1. The van der Waals surface area contributed by atoms with Crippen LogP contribution in [0.3, 0.4) is 0 Å². The molecule has 2 N–H and O–H groups in total. The highest BCUT2D eigenvalue weighted by Gasteiger charge is 2.37. The van der Waals surface area contributed by atoms with Gasteiger partial charge in [0, 0.05) is 18.2 Å². The van der Waals surface area contributed by atoms with E-state index in [9.17, 15) is 23.5 Å². The molecule has 1 saturated heterocycles.